The SMILES string of the molecule is C[C@H](C(=O)NCc1ccccc1F)N1CCC(c2cnn(C)c2)CC1. The van der Waals surface area contributed by atoms with E-state index in [2.05, 4.69) is 21.5 Å². The van der Waals surface area contributed by atoms with Gasteiger partial charge in [-0.15, -0.1) is 0 Å². The molecule has 2 aromatic rings. The number of halogens is 1. The van der Waals surface area contributed by atoms with Crippen molar-refractivity contribution >= 4 is 5.91 Å². The lowest BCUT2D eigenvalue weighted by molar-refractivity contribution is -0.126. The monoisotopic (exact) mass is 344 g/mol. The molecule has 25 heavy (non-hydrogen) atoms. The number of nitrogens with one attached hydrogen (secondary N) is 1. The fourth-order valence-electron chi connectivity index (χ4n) is 3.41. The van der Waals surface area contributed by atoms with E-state index >= 15 is 0 Å². The number of hydrogen-bond donors (Lipinski definition) is 1. The van der Waals surface area contributed by atoms with Gasteiger partial charge in [-0.25, -0.2) is 4.39 Å². The zero-order chi connectivity index (χ0) is 17.8. The summed E-state index contributed by atoms with van der Waals surface area (Å²) in [4.78, 5) is 14.6. The van der Waals surface area contributed by atoms with Crippen LogP contribution < -0.4 is 5.32 Å². The molecule has 0 aliphatic carbocycles. The maximum Gasteiger partial charge on any atom is 0.237 e. The van der Waals surface area contributed by atoms with Crippen molar-refractivity contribution in [3.63, 3.8) is 0 Å². The Balaban J connectivity index is 1.49. The van der Waals surface area contributed by atoms with Gasteiger partial charge in [-0.1, -0.05) is 18.2 Å². The van der Waals surface area contributed by atoms with E-state index < -0.39 is 0 Å². The Hall–Kier alpha value is -2.21. The van der Waals surface area contributed by atoms with Crippen LogP contribution in [0.4, 0.5) is 4.39 Å². The number of rotatable bonds is 5. The normalized spacial score (nSPS) is 17.4. The van der Waals surface area contributed by atoms with Crippen molar-refractivity contribution in [3.05, 3.63) is 53.6 Å². The van der Waals surface area contributed by atoms with E-state index in [0.717, 1.165) is 25.9 Å². The van der Waals surface area contributed by atoms with Crippen molar-refractivity contribution in [2.24, 2.45) is 7.05 Å². The van der Waals surface area contributed by atoms with Crippen LogP contribution in [0.15, 0.2) is 36.7 Å². The summed E-state index contributed by atoms with van der Waals surface area (Å²) < 4.78 is 15.5. The minimum atomic E-state index is -0.285. The van der Waals surface area contributed by atoms with Crippen LogP contribution >= 0.6 is 0 Å². The van der Waals surface area contributed by atoms with Crippen molar-refractivity contribution in [3.8, 4) is 0 Å². The molecular formula is C19H25FN4O. The molecular weight excluding hydrogens is 319 g/mol. The molecule has 1 N–H and O–H groups in total. The van der Waals surface area contributed by atoms with Gasteiger partial charge in [0.15, 0.2) is 0 Å². The highest BCUT2D eigenvalue weighted by Gasteiger charge is 2.27. The average Bonchev–Trinajstić information content (AvgIpc) is 3.07. The summed E-state index contributed by atoms with van der Waals surface area (Å²) in [6, 6.07) is 6.32. The highest BCUT2D eigenvalue weighted by molar-refractivity contribution is 5.81. The Morgan fingerprint density at radius 1 is 1.36 bits per heavy atom. The first kappa shape index (κ1) is 17.6. The molecule has 0 radical (unpaired) electrons. The molecule has 0 saturated carbocycles. The number of benzene rings is 1. The number of piperidine rings is 1. The zero-order valence-electron chi connectivity index (χ0n) is 14.8. The van der Waals surface area contributed by atoms with Gasteiger partial charge >= 0.3 is 0 Å². The predicted molar refractivity (Wildman–Crippen MR) is 94.5 cm³/mol. The van der Waals surface area contributed by atoms with Crippen molar-refractivity contribution in [2.45, 2.75) is 38.3 Å². The molecule has 1 fully saturated rings. The number of carbonyl (C=O) groups excluding carboxylic acids is 1. The number of aryl methyl sites for hydroxylation is 1. The second-order valence-electron chi connectivity index (χ2n) is 6.74. The van der Waals surface area contributed by atoms with Crippen molar-refractivity contribution in [1.82, 2.24) is 20.0 Å². The summed E-state index contributed by atoms with van der Waals surface area (Å²) in [5.74, 6) is 0.175. The van der Waals surface area contributed by atoms with Gasteiger partial charge in [0, 0.05) is 25.4 Å². The number of amides is 1. The van der Waals surface area contributed by atoms with Crippen LogP contribution in [-0.4, -0.2) is 39.7 Å². The summed E-state index contributed by atoms with van der Waals surface area (Å²) in [5.41, 5.74) is 1.79. The molecule has 1 aromatic carbocycles. The highest BCUT2D eigenvalue weighted by Crippen LogP contribution is 2.28. The molecule has 0 spiro atoms. The van der Waals surface area contributed by atoms with Crippen LogP contribution in [0.25, 0.3) is 0 Å². The van der Waals surface area contributed by atoms with E-state index in [0.29, 0.717) is 11.5 Å². The molecule has 5 nitrogen and oxygen atoms in total. The van der Waals surface area contributed by atoms with Gasteiger partial charge in [-0.2, -0.15) is 5.10 Å². The standard InChI is InChI=1S/C19H25FN4O/c1-14(19(25)21-11-16-5-3-4-6-18(16)20)24-9-7-15(8-10-24)17-12-22-23(2)13-17/h3-6,12-15H,7-11H2,1-2H3,(H,21,25)/t14-/m1/s1. The summed E-state index contributed by atoms with van der Waals surface area (Å²) in [5, 5.41) is 7.09. The smallest absolute Gasteiger partial charge is 0.237 e. The van der Waals surface area contributed by atoms with Crippen LogP contribution in [-0.2, 0) is 18.4 Å². The summed E-state index contributed by atoms with van der Waals surface area (Å²) in [7, 11) is 1.93. The first-order chi connectivity index (χ1) is 12.0. The largest absolute Gasteiger partial charge is 0.351 e. The molecule has 0 bridgehead atoms. The van der Waals surface area contributed by atoms with Gasteiger partial charge in [0.1, 0.15) is 5.82 Å². The van der Waals surface area contributed by atoms with Gasteiger partial charge in [0.25, 0.3) is 0 Å². The van der Waals surface area contributed by atoms with E-state index in [9.17, 15) is 9.18 Å². The molecule has 1 amide bonds. The molecule has 1 atom stereocenters. The Labute approximate surface area is 147 Å². The second kappa shape index (κ2) is 7.78. The van der Waals surface area contributed by atoms with Crippen LogP contribution in [0.3, 0.4) is 0 Å². The third-order valence-corrected chi connectivity index (χ3v) is 5.06. The summed E-state index contributed by atoms with van der Waals surface area (Å²) in [6.07, 6.45) is 6.06. The molecule has 0 unspecified atom stereocenters. The van der Waals surface area contributed by atoms with Crippen LogP contribution in [0.1, 0.15) is 36.8 Å². The second-order valence-corrected chi connectivity index (χ2v) is 6.74. The first-order valence-electron chi connectivity index (χ1n) is 8.78. The number of carbonyl (C=O) groups is 1. The fraction of sp³-hybridized carbons (Fsp3) is 0.474. The lowest BCUT2D eigenvalue weighted by Crippen LogP contribution is -2.47. The third kappa shape index (κ3) is 4.25. The van der Waals surface area contributed by atoms with Gasteiger partial charge in [-0.05, 0) is 50.4 Å². The van der Waals surface area contributed by atoms with Crippen LogP contribution in [0, 0.1) is 5.82 Å². The molecule has 3 rings (SSSR count). The van der Waals surface area contributed by atoms with Gasteiger partial charge in [0.05, 0.1) is 12.2 Å². The van der Waals surface area contributed by atoms with Crippen molar-refractivity contribution in [2.75, 3.05) is 13.1 Å². The maximum atomic E-state index is 13.6. The molecule has 6 heteroatoms. The maximum absolute atomic E-state index is 13.6. The van der Waals surface area contributed by atoms with E-state index in [1.54, 1.807) is 18.2 Å². The number of hydrogen-bond acceptors (Lipinski definition) is 3. The Morgan fingerprint density at radius 2 is 2.08 bits per heavy atom. The molecule has 1 saturated heterocycles. The van der Waals surface area contributed by atoms with E-state index in [1.165, 1.54) is 11.6 Å². The van der Waals surface area contributed by atoms with Crippen molar-refractivity contribution < 1.29 is 9.18 Å². The average molecular weight is 344 g/mol. The Morgan fingerprint density at radius 3 is 2.72 bits per heavy atom. The third-order valence-electron chi connectivity index (χ3n) is 5.06. The topological polar surface area (TPSA) is 50.2 Å². The lowest BCUT2D eigenvalue weighted by Gasteiger charge is -2.35. The van der Waals surface area contributed by atoms with Gasteiger partial charge in [0.2, 0.25) is 5.91 Å². The quantitative estimate of drug-likeness (QED) is 0.906. The molecule has 1 aromatic heterocycles. The first-order valence-corrected chi connectivity index (χ1v) is 8.78. The number of likely N-dealkylation sites (tertiary alicyclic amines) is 1. The van der Waals surface area contributed by atoms with Crippen LogP contribution in [0.5, 0.6) is 0 Å². The van der Waals surface area contributed by atoms with Gasteiger partial charge < -0.3 is 5.32 Å². The molecule has 134 valence electrons. The minimum absolute atomic E-state index is 0.0527. The lowest BCUT2D eigenvalue weighted by atomic mass is 9.91. The summed E-state index contributed by atoms with van der Waals surface area (Å²) >= 11 is 0. The van der Waals surface area contributed by atoms with Gasteiger partial charge in [-0.3, -0.25) is 14.4 Å². The fourth-order valence-corrected chi connectivity index (χ4v) is 3.41. The summed E-state index contributed by atoms with van der Waals surface area (Å²) in [6.45, 7) is 3.91. The van der Waals surface area contributed by atoms with E-state index in [4.69, 9.17) is 0 Å². The van der Waals surface area contributed by atoms with E-state index in [1.807, 2.05) is 24.9 Å². The Bertz CT molecular complexity index is 722. The van der Waals surface area contributed by atoms with Crippen molar-refractivity contribution in [1.29, 1.82) is 0 Å². The number of nitrogens with zero attached hydrogens (tertiary/aromatic N) is 3. The zero-order valence-corrected chi connectivity index (χ0v) is 14.8. The molecule has 1 aliphatic rings. The number of aromatic nitrogens is 2. The molecule has 1 aliphatic heterocycles. The van der Waals surface area contributed by atoms with E-state index in [-0.39, 0.29) is 24.3 Å². The minimum Gasteiger partial charge on any atom is -0.351 e. The highest BCUT2D eigenvalue weighted by atomic mass is 19.1. The molecule has 2 heterocycles. The van der Waals surface area contributed by atoms with Crippen LogP contribution in [0.2, 0.25) is 0 Å². The predicted octanol–water partition coefficient (Wildman–Crippen LogP) is 2.44. The Kier molecular flexibility index (Phi) is 5.48.